The Labute approximate surface area is 241 Å². The molecular formula is C34H33N3O3S. The highest BCUT2D eigenvalue weighted by molar-refractivity contribution is 7.92. The topological polar surface area (TPSA) is 87.3 Å². The van der Waals surface area contributed by atoms with Gasteiger partial charge in [0.15, 0.2) is 0 Å². The van der Waals surface area contributed by atoms with Gasteiger partial charge in [-0.05, 0) is 116 Å². The number of carbonyl (C=O) groups is 1. The number of aryl methyl sites for hydroxylation is 1. The number of anilines is 3. The summed E-state index contributed by atoms with van der Waals surface area (Å²) in [5, 5.41) is 6.78. The Bertz CT molecular complexity index is 1700. The number of sulfonamides is 1. The molecule has 0 radical (unpaired) electrons. The standard InChI is InChI=1S/C34H33N3O3S/c1-21-7-12-27(13-8-21)37-41(39,40)28-16-14-26(15-17-28)35-34(38)25-11-18-30-29(20-25)31-23-9-10-24(19-23)32(31)33(36-30)22-5-3-2-4-6-22/h2-8,11-18,20,23-24,31-33,36-37H,9-10,19H2,1H3,(H,35,38)/t23-,24-,31-,32+,33-/m0/s1. The Balaban J connectivity index is 1.10. The average molecular weight is 564 g/mol. The van der Waals surface area contributed by atoms with Gasteiger partial charge in [0.05, 0.1) is 10.9 Å². The molecule has 41 heavy (non-hydrogen) atoms. The van der Waals surface area contributed by atoms with Crippen molar-refractivity contribution >= 4 is 33.0 Å². The molecule has 0 spiro atoms. The Morgan fingerprint density at radius 1 is 0.829 bits per heavy atom. The molecule has 1 amide bonds. The van der Waals surface area contributed by atoms with Crippen LogP contribution in [0.5, 0.6) is 0 Å². The molecule has 0 aromatic heterocycles. The number of hydrogen-bond donors (Lipinski definition) is 3. The first-order chi connectivity index (χ1) is 19.9. The van der Waals surface area contributed by atoms with Gasteiger partial charge in [-0.1, -0.05) is 48.0 Å². The minimum absolute atomic E-state index is 0.131. The van der Waals surface area contributed by atoms with E-state index in [9.17, 15) is 13.2 Å². The van der Waals surface area contributed by atoms with Crippen molar-refractivity contribution < 1.29 is 13.2 Å². The molecule has 7 rings (SSSR count). The third kappa shape index (κ3) is 4.78. The second-order valence-corrected chi connectivity index (χ2v) is 13.4. The van der Waals surface area contributed by atoms with E-state index in [4.69, 9.17) is 0 Å². The van der Waals surface area contributed by atoms with Crippen LogP contribution in [0.15, 0.2) is 102 Å². The molecule has 7 heteroatoms. The Morgan fingerprint density at radius 2 is 1.54 bits per heavy atom. The molecule has 1 aliphatic heterocycles. The van der Waals surface area contributed by atoms with E-state index in [-0.39, 0.29) is 10.8 Å². The fraction of sp³-hybridized carbons (Fsp3) is 0.265. The third-order valence-electron chi connectivity index (χ3n) is 9.23. The summed E-state index contributed by atoms with van der Waals surface area (Å²) in [7, 11) is -3.74. The van der Waals surface area contributed by atoms with Crippen molar-refractivity contribution in [3.8, 4) is 0 Å². The van der Waals surface area contributed by atoms with Crippen molar-refractivity contribution in [1.82, 2.24) is 0 Å². The van der Waals surface area contributed by atoms with Crippen molar-refractivity contribution in [3.63, 3.8) is 0 Å². The Kier molecular flexibility index (Phi) is 6.35. The summed E-state index contributed by atoms with van der Waals surface area (Å²) in [4.78, 5) is 13.5. The van der Waals surface area contributed by atoms with Gasteiger partial charge < -0.3 is 10.6 Å². The van der Waals surface area contributed by atoms with E-state index in [1.54, 1.807) is 24.3 Å². The van der Waals surface area contributed by atoms with Gasteiger partial charge in [-0.15, -0.1) is 0 Å². The first-order valence-electron chi connectivity index (χ1n) is 14.3. The van der Waals surface area contributed by atoms with Crippen LogP contribution in [0.3, 0.4) is 0 Å². The highest BCUT2D eigenvalue weighted by Crippen LogP contribution is 2.63. The lowest BCUT2D eigenvalue weighted by Crippen LogP contribution is -2.35. The van der Waals surface area contributed by atoms with E-state index >= 15 is 0 Å². The van der Waals surface area contributed by atoms with E-state index in [1.165, 1.54) is 42.5 Å². The van der Waals surface area contributed by atoms with Gasteiger partial charge in [-0.3, -0.25) is 9.52 Å². The molecule has 3 N–H and O–H groups in total. The number of hydrogen-bond acceptors (Lipinski definition) is 4. The SMILES string of the molecule is Cc1ccc(NS(=O)(=O)c2ccc(NC(=O)c3ccc4c(c3)[C@@H]3[C@H]5CC[C@@H](C5)[C@H]3[C@H](c3ccccc3)N4)cc2)cc1. The molecule has 6 nitrogen and oxygen atoms in total. The third-order valence-corrected chi connectivity index (χ3v) is 10.6. The summed E-state index contributed by atoms with van der Waals surface area (Å²) < 4.78 is 28.3. The maximum Gasteiger partial charge on any atom is 0.261 e. The molecule has 3 aliphatic rings. The van der Waals surface area contributed by atoms with Crippen LogP contribution in [0.1, 0.15) is 58.3 Å². The Morgan fingerprint density at radius 3 is 2.29 bits per heavy atom. The predicted molar refractivity (Wildman–Crippen MR) is 163 cm³/mol. The normalized spacial score (nSPS) is 24.2. The van der Waals surface area contributed by atoms with E-state index < -0.39 is 10.0 Å². The highest BCUT2D eigenvalue weighted by Gasteiger charge is 2.53. The molecule has 0 saturated heterocycles. The molecule has 2 bridgehead atoms. The minimum Gasteiger partial charge on any atom is -0.378 e. The molecule has 2 saturated carbocycles. The molecule has 2 aliphatic carbocycles. The molecule has 208 valence electrons. The predicted octanol–water partition coefficient (Wildman–Crippen LogP) is 7.34. The molecule has 2 fully saturated rings. The summed E-state index contributed by atoms with van der Waals surface area (Å²) >= 11 is 0. The Hall–Kier alpha value is -4.10. The average Bonchev–Trinajstić information content (AvgIpc) is 3.62. The number of fused-ring (bicyclic) bond motifs is 7. The van der Waals surface area contributed by atoms with Gasteiger partial charge >= 0.3 is 0 Å². The zero-order valence-electron chi connectivity index (χ0n) is 22.9. The second kappa shape index (κ2) is 10.1. The van der Waals surface area contributed by atoms with E-state index in [1.807, 2.05) is 25.1 Å². The second-order valence-electron chi connectivity index (χ2n) is 11.7. The number of amides is 1. The first-order valence-corrected chi connectivity index (χ1v) is 15.8. The van der Waals surface area contributed by atoms with E-state index in [2.05, 4.69) is 57.8 Å². The monoisotopic (exact) mass is 563 g/mol. The van der Waals surface area contributed by atoms with Crippen LogP contribution >= 0.6 is 0 Å². The zero-order valence-corrected chi connectivity index (χ0v) is 23.7. The van der Waals surface area contributed by atoms with E-state index in [0.717, 1.165) is 11.3 Å². The first kappa shape index (κ1) is 25.8. The van der Waals surface area contributed by atoms with E-state index in [0.29, 0.717) is 46.7 Å². The number of nitrogens with one attached hydrogen (secondary N) is 3. The fourth-order valence-electron chi connectivity index (χ4n) is 7.37. The lowest BCUT2D eigenvalue weighted by molar-refractivity contribution is 0.102. The van der Waals surface area contributed by atoms with Crippen molar-refractivity contribution in [3.05, 3.63) is 119 Å². The summed E-state index contributed by atoms with van der Waals surface area (Å²) in [6, 6.07) is 30.5. The van der Waals surface area contributed by atoms with Crippen LogP contribution in [0.25, 0.3) is 0 Å². The smallest absolute Gasteiger partial charge is 0.261 e. The van der Waals surface area contributed by atoms with Crippen LogP contribution in [0, 0.1) is 24.7 Å². The summed E-state index contributed by atoms with van der Waals surface area (Å²) in [6.45, 7) is 1.95. The van der Waals surface area contributed by atoms with Crippen molar-refractivity contribution in [1.29, 1.82) is 0 Å². The molecule has 4 aromatic rings. The van der Waals surface area contributed by atoms with Crippen molar-refractivity contribution in [2.75, 3.05) is 15.4 Å². The van der Waals surface area contributed by atoms with Gasteiger partial charge in [0.1, 0.15) is 0 Å². The van der Waals surface area contributed by atoms with Crippen LogP contribution in [-0.4, -0.2) is 14.3 Å². The highest BCUT2D eigenvalue weighted by atomic mass is 32.2. The number of benzene rings is 4. The van der Waals surface area contributed by atoms with Gasteiger partial charge in [-0.2, -0.15) is 0 Å². The maximum atomic E-state index is 13.3. The molecule has 5 atom stereocenters. The van der Waals surface area contributed by atoms with Crippen LogP contribution in [0.2, 0.25) is 0 Å². The maximum absolute atomic E-state index is 13.3. The largest absolute Gasteiger partial charge is 0.378 e. The van der Waals surface area contributed by atoms with Crippen molar-refractivity contribution in [2.45, 2.75) is 43.0 Å². The molecule has 4 aromatic carbocycles. The van der Waals surface area contributed by atoms with Crippen LogP contribution < -0.4 is 15.4 Å². The van der Waals surface area contributed by atoms with Gasteiger partial charge in [0, 0.05) is 22.6 Å². The minimum atomic E-state index is -3.74. The van der Waals surface area contributed by atoms with Crippen LogP contribution in [-0.2, 0) is 10.0 Å². The fourth-order valence-corrected chi connectivity index (χ4v) is 8.43. The van der Waals surface area contributed by atoms with Gasteiger partial charge in [0.25, 0.3) is 15.9 Å². The van der Waals surface area contributed by atoms with Crippen LogP contribution in [0.4, 0.5) is 17.1 Å². The molecule has 0 unspecified atom stereocenters. The van der Waals surface area contributed by atoms with Crippen molar-refractivity contribution in [2.24, 2.45) is 17.8 Å². The zero-order chi connectivity index (χ0) is 28.1. The summed E-state index contributed by atoms with van der Waals surface area (Å²) in [5.41, 5.74) is 6.43. The lowest BCUT2D eigenvalue weighted by atomic mass is 9.68. The molecular weight excluding hydrogens is 530 g/mol. The number of rotatable bonds is 6. The molecule has 1 heterocycles. The quantitative estimate of drug-likeness (QED) is 0.229. The number of carbonyl (C=O) groups excluding carboxylic acids is 1. The summed E-state index contributed by atoms with van der Waals surface area (Å²) in [6.07, 6.45) is 3.82. The summed E-state index contributed by atoms with van der Waals surface area (Å²) in [5.74, 6) is 2.16. The lowest BCUT2D eigenvalue weighted by Gasteiger charge is -2.43. The van der Waals surface area contributed by atoms with Gasteiger partial charge in [-0.25, -0.2) is 8.42 Å². The van der Waals surface area contributed by atoms with Gasteiger partial charge in [0.2, 0.25) is 0 Å².